The second-order valence-electron chi connectivity index (χ2n) is 11.4. The predicted octanol–water partition coefficient (Wildman–Crippen LogP) is 13.2. The lowest BCUT2D eigenvalue weighted by Gasteiger charge is -2.00. The van der Waals surface area contributed by atoms with Crippen molar-refractivity contribution in [1.29, 1.82) is 0 Å². The Morgan fingerprint density at radius 2 is 0.675 bits per heavy atom. The summed E-state index contributed by atoms with van der Waals surface area (Å²) >= 11 is 0. The van der Waals surface area contributed by atoms with Crippen molar-refractivity contribution < 1.29 is 0 Å². The number of rotatable bonds is 17. The highest BCUT2D eigenvalue weighted by molar-refractivity contribution is 5.31. The maximum absolute atomic E-state index is 2.39. The van der Waals surface area contributed by atoms with E-state index in [1.54, 1.807) is 0 Å². The van der Waals surface area contributed by atoms with Crippen LogP contribution in [0.5, 0.6) is 0 Å². The molecule has 0 nitrogen and oxygen atoms in total. The lowest BCUT2D eigenvalue weighted by atomic mass is 10.1. The summed E-state index contributed by atoms with van der Waals surface area (Å²) in [5.74, 6) is 0. The molecule has 0 atom stereocenters. The summed E-state index contributed by atoms with van der Waals surface area (Å²) < 4.78 is 0. The minimum Gasteiger partial charge on any atom is -0.0856 e. The van der Waals surface area contributed by atoms with E-state index in [2.05, 4.69) is 166 Å². The lowest BCUT2D eigenvalue weighted by molar-refractivity contribution is 0.918. The van der Waals surface area contributed by atoms with E-state index in [4.69, 9.17) is 0 Å². The molecule has 0 spiro atoms. The molecule has 0 heterocycles. The third kappa shape index (κ3) is 25.2. The summed E-state index contributed by atoms with van der Waals surface area (Å²) in [6, 6.07) is 0. The van der Waals surface area contributed by atoms with Crippen molar-refractivity contribution in [1.82, 2.24) is 0 Å². The van der Waals surface area contributed by atoms with E-state index in [0.29, 0.717) is 0 Å². The maximum Gasteiger partial charge on any atom is -0.0285 e. The van der Waals surface area contributed by atoms with Gasteiger partial charge in [0.05, 0.1) is 0 Å². The molecule has 0 N–H and O–H groups in total. The van der Waals surface area contributed by atoms with E-state index in [1.165, 1.54) is 51.0 Å². The van der Waals surface area contributed by atoms with Gasteiger partial charge in [-0.15, -0.1) is 0 Å². The highest BCUT2D eigenvalue weighted by Gasteiger charge is 1.91. The van der Waals surface area contributed by atoms with Crippen LogP contribution in [0.25, 0.3) is 0 Å². The van der Waals surface area contributed by atoms with E-state index >= 15 is 0 Å². The minimum absolute atomic E-state index is 1.11. The summed E-state index contributed by atoms with van der Waals surface area (Å²) in [4.78, 5) is 0. The molecular formula is C40H58. The molecule has 0 aliphatic heterocycles. The van der Waals surface area contributed by atoms with E-state index in [0.717, 1.165) is 32.1 Å². The average Bonchev–Trinajstić information content (AvgIpc) is 2.86. The Hall–Kier alpha value is -3.12. The molecule has 0 aromatic carbocycles. The van der Waals surface area contributed by atoms with Crippen LogP contribution in [0.1, 0.15) is 108 Å². The highest BCUT2D eigenvalue weighted by Crippen LogP contribution is 2.12. The molecule has 0 aliphatic carbocycles. The molecule has 0 unspecified atom stereocenters. The molecule has 0 aliphatic rings. The van der Waals surface area contributed by atoms with Gasteiger partial charge in [-0.1, -0.05) is 142 Å². The smallest absolute Gasteiger partial charge is 0.0285 e. The Kier molecular flexibility index (Phi) is 21.9. The van der Waals surface area contributed by atoms with Crippen LogP contribution in [0.2, 0.25) is 0 Å². The average molecular weight is 539 g/mol. The normalized spacial score (nSPS) is 14.8. The van der Waals surface area contributed by atoms with Crippen molar-refractivity contribution in [3.63, 3.8) is 0 Å². The second-order valence-corrected chi connectivity index (χ2v) is 11.4. The van der Waals surface area contributed by atoms with Crippen molar-refractivity contribution in [2.75, 3.05) is 0 Å². The van der Waals surface area contributed by atoms with Crippen LogP contribution < -0.4 is 0 Å². The van der Waals surface area contributed by atoms with Gasteiger partial charge in [-0.25, -0.2) is 0 Å². The van der Waals surface area contributed by atoms with Crippen molar-refractivity contribution in [3.8, 4) is 0 Å². The van der Waals surface area contributed by atoms with Crippen molar-refractivity contribution in [2.45, 2.75) is 108 Å². The molecule has 0 saturated carbocycles. The monoisotopic (exact) mass is 538 g/mol. The fourth-order valence-electron chi connectivity index (χ4n) is 3.65. The Balaban J connectivity index is 4.60. The molecule has 0 saturated heterocycles. The van der Waals surface area contributed by atoms with Crippen LogP contribution in [-0.4, -0.2) is 0 Å². The first-order valence-corrected chi connectivity index (χ1v) is 15.0. The van der Waals surface area contributed by atoms with Gasteiger partial charge in [0.25, 0.3) is 0 Å². The van der Waals surface area contributed by atoms with Gasteiger partial charge in [0.1, 0.15) is 0 Å². The molecule has 0 bridgehead atoms. The summed E-state index contributed by atoms with van der Waals surface area (Å²) in [7, 11) is 0. The maximum atomic E-state index is 2.39. The highest BCUT2D eigenvalue weighted by atomic mass is 14.0. The quantitative estimate of drug-likeness (QED) is 0.128. The van der Waals surface area contributed by atoms with Gasteiger partial charge in [0.2, 0.25) is 0 Å². The van der Waals surface area contributed by atoms with Gasteiger partial charge in [-0.2, -0.15) is 0 Å². The molecule has 218 valence electrons. The zero-order chi connectivity index (χ0) is 30.2. The predicted molar refractivity (Wildman–Crippen MR) is 186 cm³/mol. The fraction of sp³-hybridized carbons (Fsp3) is 0.400. The van der Waals surface area contributed by atoms with E-state index in [1.807, 2.05) is 0 Å². The molecule has 0 aromatic heterocycles. The van der Waals surface area contributed by atoms with Gasteiger partial charge in [0, 0.05) is 0 Å². The molecule has 40 heavy (non-hydrogen) atoms. The number of allylic oxidation sites excluding steroid dienone is 24. The molecule has 0 radical (unpaired) electrons. The van der Waals surface area contributed by atoms with Crippen LogP contribution in [0.15, 0.2) is 142 Å². The van der Waals surface area contributed by atoms with Gasteiger partial charge >= 0.3 is 0 Å². The van der Waals surface area contributed by atoms with E-state index < -0.39 is 0 Å². The zero-order valence-corrected chi connectivity index (χ0v) is 27.5. The van der Waals surface area contributed by atoms with Crippen LogP contribution in [0, 0.1) is 0 Å². The molecule has 0 rings (SSSR count). The largest absolute Gasteiger partial charge is 0.0856 e. The summed E-state index contributed by atoms with van der Waals surface area (Å²) in [5, 5.41) is 0. The van der Waals surface area contributed by atoms with Gasteiger partial charge in [0.15, 0.2) is 0 Å². The van der Waals surface area contributed by atoms with Crippen molar-refractivity contribution in [3.05, 3.63) is 142 Å². The zero-order valence-electron chi connectivity index (χ0n) is 27.5. The minimum atomic E-state index is 1.11. The van der Waals surface area contributed by atoms with E-state index in [9.17, 15) is 0 Å². The Bertz CT molecular complexity index is 1100. The molecule has 0 aromatic rings. The Morgan fingerprint density at radius 1 is 0.350 bits per heavy atom. The molecule has 0 amide bonds. The molecular weight excluding hydrogens is 480 g/mol. The SMILES string of the molecule is CC(C)=CCC/C(C)=C\CC/C(C)=C/C=C/C(C)=C/C=C/C=C(C)/C=C/C=C(C)/C=C/C=C(\C)CCC=C(C)C. The van der Waals surface area contributed by atoms with Crippen LogP contribution in [0.3, 0.4) is 0 Å². The van der Waals surface area contributed by atoms with E-state index in [-0.39, 0.29) is 0 Å². The third-order valence-electron chi connectivity index (χ3n) is 6.24. The van der Waals surface area contributed by atoms with Gasteiger partial charge in [-0.05, 0) is 108 Å². The second kappa shape index (κ2) is 23.7. The first-order chi connectivity index (χ1) is 19.0. The van der Waals surface area contributed by atoms with Crippen molar-refractivity contribution in [2.24, 2.45) is 0 Å². The van der Waals surface area contributed by atoms with Crippen LogP contribution in [0.4, 0.5) is 0 Å². The lowest BCUT2D eigenvalue weighted by Crippen LogP contribution is -1.80. The van der Waals surface area contributed by atoms with Gasteiger partial charge in [-0.3, -0.25) is 0 Å². The first kappa shape index (κ1) is 36.9. The summed E-state index contributed by atoms with van der Waals surface area (Å²) in [6.07, 6.45) is 41.8. The third-order valence-corrected chi connectivity index (χ3v) is 6.24. The summed E-state index contributed by atoms with van der Waals surface area (Å²) in [6.45, 7) is 21.7. The fourth-order valence-corrected chi connectivity index (χ4v) is 3.65. The molecule has 0 heteroatoms. The summed E-state index contributed by atoms with van der Waals surface area (Å²) in [5.41, 5.74) is 10.8. The Morgan fingerprint density at radius 3 is 1.07 bits per heavy atom. The molecule has 0 fully saturated rings. The Labute approximate surface area is 249 Å². The standard InChI is InChI=1S/C40H58/c1-33(2)19-13-23-37(7)27-17-31-39(9)29-15-25-35(5)21-11-12-22-36(6)26-16-30-40(10)32-18-28-38(8)24-14-20-34(3)4/h11-12,15-17,19-22,25-31H,13-14,18,23-24,32H2,1-10H3/b12-11+,25-15+,26-16+,31-17+,35-21+,36-22+,37-27+,38-28-,39-29+,40-30+. The van der Waals surface area contributed by atoms with Crippen molar-refractivity contribution >= 4 is 0 Å². The number of hydrogen-bond acceptors (Lipinski definition) is 0. The first-order valence-electron chi connectivity index (χ1n) is 15.0. The topological polar surface area (TPSA) is 0 Å². The van der Waals surface area contributed by atoms with Gasteiger partial charge < -0.3 is 0 Å². The van der Waals surface area contributed by atoms with Crippen LogP contribution in [-0.2, 0) is 0 Å². The van der Waals surface area contributed by atoms with Crippen LogP contribution >= 0.6 is 0 Å². The number of hydrogen-bond donors (Lipinski definition) is 0.